The zero-order valence-corrected chi connectivity index (χ0v) is 14.2. The summed E-state index contributed by atoms with van der Waals surface area (Å²) in [6.07, 6.45) is 0.829. The van der Waals surface area contributed by atoms with Crippen molar-refractivity contribution in [1.29, 1.82) is 0 Å². The van der Waals surface area contributed by atoms with Crippen LogP contribution in [-0.4, -0.2) is 37.2 Å². The summed E-state index contributed by atoms with van der Waals surface area (Å²) in [5.41, 5.74) is 2.83. The molecule has 0 amide bonds. The van der Waals surface area contributed by atoms with Crippen molar-refractivity contribution < 1.29 is 14.3 Å². The molecule has 1 aliphatic heterocycles. The minimum Gasteiger partial charge on any atom is -0.496 e. The lowest BCUT2D eigenvalue weighted by Gasteiger charge is -2.16. The third kappa shape index (κ3) is 3.95. The van der Waals surface area contributed by atoms with E-state index in [1.165, 1.54) is 5.56 Å². The number of carbonyl (C=O) groups excluding carboxylic acids is 1. The van der Waals surface area contributed by atoms with Gasteiger partial charge in [0, 0.05) is 19.6 Å². The molecule has 1 aliphatic rings. The monoisotopic (exact) mass is 325 g/mol. The zero-order valence-electron chi connectivity index (χ0n) is 14.2. The van der Waals surface area contributed by atoms with Gasteiger partial charge < -0.3 is 9.47 Å². The van der Waals surface area contributed by atoms with Gasteiger partial charge in [-0.3, -0.25) is 4.90 Å². The van der Waals surface area contributed by atoms with Crippen molar-refractivity contribution in [2.75, 3.05) is 20.2 Å². The Hall–Kier alpha value is -2.33. The third-order valence-corrected chi connectivity index (χ3v) is 4.40. The number of nitrogens with zero attached hydrogens (tertiary/aromatic N) is 1. The number of esters is 1. The highest BCUT2D eigenvalue weighted by molar-refractivity contribution is 5.90. The van der Waals surface area contributed by atoms with Crippen molar-refractivity contribution in [1.82, 2.24) is 4.90 Å². The van der Waals surface area contributed by atoms with Crippen LogP contribution in [0.5, 0.6) is 5.75 Å². The van der Waals surface area contributed by atoms with Gasteiger partial charge in [0.05, 0.1) is 12.7 Å². The van der Waals surface area contributed by atoms with Crippen LogP contribution in [0.2, 0.25) is 0 Å². The van der Waals surface area contributed by atoms with E-state index in [0.29, 0.717) is 11.3 Å². The number of rotatable bonds is 5. The molecule has 1 saturated heterocycles. The van der Waals surface area contributed by atoms with E-state index in [9.17, 15) is 4.79 Å². The lowest BCUT2D eigenvalue weighted by molar-refractivity contribution is 0.0320. The molecule has 0 aromatic heterocycles. The van der Waals surface area contributed by atoms with E-state index in [1.54, 1.807) is 19.2 Å². The van der Waals surface area contributed by atoms with E-state index in [0.717, 1.165) is 31.6 Å². The van der Waals surface area contributed by atoms with Crippen LogP contribution in [0, 0.1) is 6.92 Å². The van der Waals surface area contributed by atoms with Crippen molar-refractivity contribution in [3.8, 4) is 5.75 Å². The molecule has 1 heterocycles. The van der Waals surface area contributed by atoms with Crippen LogP contribution in [0.15, 0.2) is 48.5 Å². The lowest BCUT2D eigenvalue weighted by atomic mass is 10.1. The van der Waals surface area contributed by atoms with Gasteiger partial charge in [-0.2, -0.15) is 0 Å². The number of hydrogen-bond donors (Lipinski definition) is 0. The molecule has 126 valence electrons. The topological polar surface area (TPSA) is 38.8 Å². The third-order valence-electron chi connectivity index (χ3n) is 4.40. The lowest BCUT2D eigenvalue weighted by Crippen LogP contribution is -2.24. The Labute approximate surface area is 143 Å². The average molecular weight is 325 g/mol. The smallest absolute Gasteiger partial charge is 0.338 e. The number of likely N-dealkylation sites (tertiary alicyclic amines) is 1. The van der Waals surface area contributed by atoms with Gasteiger partial charge >= 0.3 is 5.97 Å². The van der Waals surface area contributed by atoms with Gasteiger partial charge in [0.25, 0.3) is 0 Å². The molecule has 0 spiro atoms. The highest BCUT2D eigenvalue weighted by Gasteiger charge is 2.26. The molecule has 0 radical (unpaired) electrons. The second-order valence-electron chi connectivity index (χ2n) is 6.22. The fraction of sp³-hybridized carbons (Fsp3) is 0.350. The molecule has 1 atom stereocenters. The molecule has 4 heteroatoms. The maximum Gasteiger partial charge on any atom is 0.338 e. The summed E-state index contributed by atoms with van der Waals surface area (Å²) >= 11 is 0. The van der Waals surface area contributed by atoms with Crippen LogP contribution in [0.25, 0.3) is 0 Å². The first-order valence-electron chi connectivity index (χ1n) is 8.27. The van der Waals surface area contributed by atoms with Crippen LogP contribution in [0.4, 0.5) is 0 Å². The van der Waals surface area contributed by atoms with Crippen LogP contribution < -0.4 is 4.74 Å². The normalized spacial score (nSPS) is 17.7. The molecule has 0 N–H and O–H groups in total. The second-order valence-corrected chi connectivity index (χ2v) is 6.22. The summed E-state index contributed by atoms with van der Waals surface area (Å²) in [5, 5.41) is 0. The van der Waals surface area contributed by atoms with E-state index in [1.807, 2.05) is 31.2 Å². The molecule has 0 aliphatic carbocycles. The van der Waals surface area contributed by atoms with Crippen LogP contribution in [0.1, 0.15) is 27.9 Å². The average Bonchev–Trinajstić information content (AvgIpc) is 3.03. The summed E-state index contributed by atoms with van der Waals surface area (Å²) in [4.78, 5) is 14.7. The predicted octanol–water partition coefficient (Wildman–Crippen LogP) is 3.43. The molecule has 0 saturated carbocycles. The molecular weight excluding hydrogens is 302 g/mol. The predicted molar refractivity (Wildman–Crippen MR) is 93.3 cm³/mol. The van der Waals surface area contributed by atoms with Crippen molar-refractivity contribution in [2.24, 2.45) is 0 Å². The summed E-state index contributed by atoms with van der Waals surface area (Å²) in [5.74, 6) is 0.432. The fourth-order valence-corrected chi connectivity index (χ4v) is 3.04. The number of ether oxygens (including phenoxy) is 2. The van der Waals surface area contributed by atoms with E-state index < -0.39 is 0 Å². The number of hydrogen-bond acceptors (Lipinski definition) is 4. The van der Waals surface area contributed by atoms with Gasteiger partial charge in [-0.1, -0.05) is 36.4 Å². The summed E-state index contributed by atoms with van der Waals surface area (Å²) in [7, 11) is 1.61. The minimum atomic E-state index is -0.278. The Bertz CT molecular complexity index is 699. The zero-order chi connectivity index (χ0) is 16.9. The number of carbonyl (C=O) groups is 1. The summed E-state index contributed by atoms with van der Waals surface area (Å²) in [6, 6.07) is 15.8. The van der Waals surface area contributed by atoms with E-state index >= 15 is 0 Å². The first-order chi connectivity index (χ1) is 11.7. The van der Waals surface area contributed by atoms with E-state index in [4.69, 9.17) is 9.47 Å². The Kier molecular flexibility index (Phi) is 5.16. The largest absolute Gasteiger partial charge is 0.496 e. The highest BCUT2D eigenvalue weighted by Crippen LogP contribution is 2.21. The highest BCUT2D eigenvalue weighted by atomic mass is 16.5. The van der Waals surface area contributed by atoms with Crippen LogP contribution in [-0.2, 0) is 11.3 Å². The summed E-state index contributed by atoms with van der Waals surface area (Å²) < 4.78 is 10.9. The van der Waals surface area contributed by atoms with E-state index in [2.05, 4.69) is 17.0 Å². The Morgan fingerprint density at radius 3 is 2.75 bits per heavy atom. The molecule has 0 unspecified atom stereocenters. The second kappa shape index (κ2) is 7.49. The first kappa shape index (κ1) is 16.5. The van der Waals surface area contributed by atoms with Gasteiger partial charge in [-0.25, -0.2) is 4.79 Å². The van der Waals surface area contributed by atoms with Gasteiger partial charge in [0.2, 0.25) is 0 Å². The Morgan fingerprint density at radius 2 is 2.00 bits per heavy atom. The number of methoxy groups -OCH3 is 1. The van der Waals surface area contributed by atoms with Crippen molar-refractivity contribution in [3.05, 3.63) is 65.2 Å². The first-order valence-corrected chi connectivity index (χ1v) is 8.27. The van der Waals surface area contributed by atoms with Gasteiger partial charge in [0.1, 0.15) is 11.9 Å². The maximum atomic E-state index is 12.3. The number of aryl methyl sites for hydroxylation is 1. The van der Waals surface area contributed by atoms with Gasteiger partial charge in [0.15, 0.2) is 0 Å². The maximum absolute atomic E-state index is 12.3. The number of benzene rings is 2. The van der Waals surface area contributed by atoms with E-state index in [-0.39, 0.29) is 12.1 Å². The molecular formula is C20H23NO3. The SMILES string of the molecule is COc1cc(C(=O)O[C@@H]2CCN(Cc3ccccc3)C2)ccc1C. The standard InChI is InChI=1S/C20H23NO3/c1-15-8-9-17(12-19(15)23-2)20(22)24-18-10-11-21(14-18)13-16-6-4-3-5-7-16/h3-9,12,18H,10-11,13-14H2,1-2H3/t18-/m1/s1. The fourth-order valence-electron chi connectivity index (χ4n) is 3.04. The molecule has 0 bridgehead atoms. The van der Waals surface area contributed by atoms with Crippen molar-refractivity contribution >= 4 is 5.97 Å². The molecule has 1 fully saturated rings. The van der Waals surface area contributed by atoms with Crippen molar-refractivity contribution in [3.63, 3.8) is 0 Å². The van der Waals surface area contributed by atoms with Crippen LogP contribution >= 0.6 is 0 Å². The molecule has 24 heavy (non-hydrogen) atoms. The molecule has 3 rings (SSSR count). The Balaban J connectivity index is 1.56. The van der Waals surface area contributed by atoms with Crippen LogP contribution in [0.3, 0.4) is 0 Å². The molecule has 2 aromatic carbocycles. The minimum absolute atomic E-state index is 0.0477. The quantitative estimate of drug-likeness (QED) is 0.790. The van der Waals surface area contributed by atoms with Gasteiger partial charge in [-0.15, -0.1) is 0 Å². The Morgan fingerprint density at radius 1 is 1.21 bits per heavy atom. The molecule has 4 nitrogen and oxygen atoms in total. The van der Waals surface area contributed by atoms with Crippen molar-refractivity contribution in [2.45, 2.75) is 26.0 Å². The summed E-state index contributed by atoms with van der Waals surface area (Å²) in [6.45, 7) is 4.58. The van der Waals surface area contributed by atoms with Gasteiger partial charge in [-0.05, 0) is 36.6 Å². The molecule has 2 aromatic rings.